The van der Waals surface area contributed by atoms with Crippen LogP contribution in [-0.2, 0) is 6.54 Å². The number of methoxy groups -OCH3 is 1. The van der Waals surface area contributed by atoms with Gasteiger partial charge in [-0.15, -0.1) is 0 Å². The second kappa shape index (κ2) is 7.90. The van der Waals surface area contributed by atoms with Crippen molar-refractivity contribution in [3.05, 3.63) is 94.0 Å². The van der Waals surface area contributed by atoms with Gasteiger partial charge in [-0.1, -0.05) is 6.07 Å². The molecule has 152 valence electrons. The van der Waals surface area contributed by atoms with Crippen molar-refractivity contribution in [3.63, 3.8) is 0 Å². The van der Waals surface area contributed by atoms with E-state index in [0.717, 1.165) is 12.1 Å². The zero-order valence-electron chi connectivity index (χ0n) is 15.8. The fourth-order valence-electron chi connectivity index (χ4n) is 3.06. The maximum atomic E-state index is 14.0. The van der Waals surface area contributed by atoms with Gasteiger partial charge in [0.1, 0.15) is 23.2 Å². The Labute approximate surface area is 169 Å². The molecule has 0 aliphatic carbocycles. The maximum Gasteiger partial charge on any atom is 0.280 e. The normalized spacial score (nSPS) is 10.9. The summed E-state index contributed by atoms with van der Waals surface area (Å²) < 4.78 is 46.9. The first-order chi connectivity index (χ1) is 14.5. The number of benzene rings is 3. The predicted octanol–water partition coefficient (Wildman–Crippen LogP) is 4.23. The largest absolute Gasteiger partial charge is 0.497 e. The quantitative estimate of drug-likeness (QED) is 0.534. The van der Waals surface area contributed by atoms with E-state index in [2.05, 4.69) is 10.4 Å². The molecule has 0 bridgehead atoms. The van der Waals surface area contributed by atoms with E-state index < -0.39 is 23.0 Å². The minimum atomic E-state index is -0.739. The summed E-state index contributed by atoms with van der Waals surface area (Å²) in [7, 11) is 1.50. The molecule has 8 heteroatoms. The number of hydrogen-bond donors (Lipinski definition) is 1. The van der Waals surface area contributed by atoms with E-state index in [4.69, 9.17) is 4.74 Å². The number of fused-ring (bicyclic) bond motifs is 1. The number of halogens is 3. The highest BCUT2D eigenvalue weighted by Crippen LogP contribution is 2.22. The van der Waals surface area contributed by atoms with Gasteiger partial charge in [-0.05, 0) is 42.5 Å². The van der Waals surface area contributed by atoms with Gasteiger partial charge in [0.25, 0.3) is 5.56 Å². The van der Waals surface area contributed by atoms with Gasteiger partial charge in [0.05, 0.1) is 24.6 Å². The summed E-state index contributed by atoms with van der Waals surface area (Å²) >= 11 is 0. The molecular weight excluding hydrogens is 395 g/mol. The molecule has 0 atom stereocenters. The third-order valence-corrected chi connectivity index (χ3v) is 4.62. The molecule has 0 amide bonds. The topological polar surface area (TPSA) is 56.1 Å². The summed E-state index contributed by atoms with van der Waals surface area (Å²) in [4.78, 5) is 17.7. The van der Waals surface area contributed by atoms with Crippen LogP contribution >= 0.6 is 0 Å². The second-order valence-corrected chi connectivity index (χ2v) is 6.54. The molecule has 0 aliphatic heterocycles. The van der Waals surface area contributed by atoms with Crippen molar-refractivity contribution >= 4 is 10.9 Å². The number of ether oxygens (including phenoxy) is 1. The van der Waals surface area contributed by atoms with Gasteiger partial charge in [-0.25, -0.2) is 22.8 Å². The van der Waals surface area contributed by atoms with Crippen LogP contribution in [0.4, 0.5) is 13.2 Å². The minimum Gasteiger partial charge on any atom is -0.497 e. The Morgan fingerprint density at radius 2 is 1.70 bits per heavy atom. The van der Waals surface area contributed by atoms with Crippen LogP contribution in [0.3, 0.4) is 0 Å². The third kappa shape index (κ3) is 3.71. The number of rotatable bonds is 5. The third-order valence-electron chi connectivity index (χ3n) is 4.62. The lowest BCUT2D eigenvalue weighted by atomic mass is 10.1. The lowest BCUT2D eigenvalue weighted by Gasteiger charge is -2.16. The van der Waals surface area contributed by atoms with Gasteiger partial charge in [-0.2, -0.15) is 0 Å². The Morgan fingerprint density at radius 1 is 0.967 bits per heavy atom. The highest BCUT2D eigenvalue weighted by atomic mass is 19.1. The van der Waals surface area contributed by atoms with Gasteiger partial charge >= 0.3 is 0 Å². The molecule has 0 aliphatic rings. The molecule has 4 rings (SSSR count). The van der Waals surface area contributed by atoms with Crippen LogP contribution in [-0.4, -0.2) is 16.8 Å². The van der Waals surface area contributed by atoms with Gasteiger partial charge in [0, 0.05) is 23.3 Å². The average Bonchev–Trinajstić information content (AvgIpc) is 2.74. The van der Waals surface area contributed by atoms with Gasteiger partial charge in [-0.3, -0.25) is 4.79 Å². The molecule has 0 radical (unpaired) electrons. The monoisotopic (exact) mass is 411 g/mol. The van der Waals surface area contributed by atoms with E-state index in [1.807, 2.05) is 0 Å². The summed E-state index contributed by atoms with van der Waals surface area (Å²) in [5.74, 6) is -1.13. The summed E-state index contributed by atoms with van der Waals surface area (Å²) in [6.07, 6.45) is 0. The minimum absolute atomic E-state index is 0.0937. The lowest BCUT2D eigenvalue weighted by molar-refractivity contribution is 0.415. The van der Waals surface area contributed by atoms with Crippen molar-refractivity contribution in [1.82, 2.24) is 9.66 Å². The Morgan fingerprint density at radius 3 is 2.40 bits per heavy atom. The highest BCUT2D eigenvalue weighted by molar-refractivity contribution is 5.81. The van der Waals surface area contributed by atoms with Crippen molar-refractivity contribution in [3.8, 4) is 17.1 Å². The molecule has 0 spiro atoms. The molecule has 1 aromatic heterocycles. The molecule has 0 saturated carbocycles. The van der Waals surface area contributed by atoms with Crippen molar-refractivity contribution in [2.24, 2.45) is 0 Å². The number of hydrogen-bond acceptors (Lipinski definition) is 4. The number of nitrogens with zero attached hydrogens (tertiary/aromatic N) is 2. The van der Waals surface area contributed by atoms with Crippen molar-refractivity contribution in [1.29, 1.82) is 0 Å². The van der Waals surface area contributed by atoms with Gasteiger partial charge in [0.2, 0.25) is 0 Å². The van der Waals surface area contributed by atoms with Crippen molar-refractivity contribution < 1.29 is 17.9 Å². The molecule has 5 nitrogen and oxygen atoms in total. The molecule has 0 unspecified atom stereocenters. The molecule has 0 fully saturated rings. The van der Waals surface area contributed by atoms with E-state index in [9.17, 15) is 18.0 Å². The fourth-order valence-corrected chi connectivity index (χ4v) is 3.06. The molecule has 3 aromatic carbocycles. The Kier molecular flexibility index (Phi) is 5.14. The highest BCUT2D eigenvalue weighted by Gasteiger charge is 2.15. The summed E-state index contributed by atoms with van der Waals surface area (Å²) in [5.41, 5.74) is 3.46. The fraction of sp³-hybridized carbons (Fsp3) is 0.0909. The Hall–Kier alpha value is -3.81. The summed E-state index contributed by atoms with van der Waals surface area (Å²) in [5, 5.41) is 0.314. The van der Waals surface area contributed by atoms with E-state index >= 15 is 0 Å². The van der Waals surface area contributed by atoms with Crippen molar-refractivity contribution in [2.75, 3.05) is 12.5 Å². The van der Waals surface area contributed by atoms with Crippen LogP contribution in [0.2, 0.25) is 0 Å². The maximum absolute atomic E-state index is 14.0. The first-order valence-electron chi connectivity index (χ1n) is 9.01. The molecule has 0 saturated heterocycles. The lowest BCUT2D eigenvalue weighted by Crippen LogP contribution is -2.31. The van der Waals surface area contributed by atoms with Gasteiger partial charge in [0.15, 0.2) is 5.82 Å². The molecule has 1 heterocycles. The average molecular weight is 411 g/mol. The van der Waals surface area contributed by atoms with Crippen LogP contribution in [0.15, 0.2) is 65.5 Å². The van der Waals surface area contributed by atoms with Crippen LogP contribution < -0.4 is 15.7 Å². The Balaban J connectivity index is 1.85. The SMILES string of the molecule is COc1ccc2c(=O)n(NCc3ccc(F)cc3F)c(-c3ccc(F)cc3)nc2c1. The van der Waals surface area contributed by atoms with E-state index in [1.54, 1.807) is 18.2 Å². The van der Waals surface area contributed by atoms with E-state index in [0.29, 0.717) is 22.2 Å². The number of nitrogens with one attached hydrogen (secondary N) is 1. The Bertz CT molecular complexity index is 1290. The smallest absolute Gasteiger partial charge is 0.280 e. The zero-order chi connectivity index (χ0) is 21.3. The first-order valence-corrected chi connectivity index (χ1v) is 9.01. The summed E-state index contributed by atoms with van der Waals surface area (Å²) in [6.45, 7) is -0.0937. The van der Waals surface area contributed by atoms with Crippen LogP contribution in [0, 0.1) is 17.5 Å². The molecule has 4 aromatic rings. The molecule has 30 heavy (non-hydrogen) atoms. The van der Waals surface area contributed by atoms with Crippen LogP contribution in [0.1, 0.15) is 5.56 Å². The van der Waals surface area contributed by atoms with Gasteiger partial charge < -0.3 is 10.2 Å². The molecular formula is C22H16F3N3O2. The van der Waals surface area contributed by atoms with Crippen LogP contribution in [0.25, 0.3) is 22.3 Å². The standard InChI is InChI=1S/C22H16F3N3O2/c1-30-17-8-9-18-20(11-17)27-21(13-2-5-15(23)6-3-13)28(22(18)29)26-12-14-4-7-16(24)10-19(14)25/h2-11,26H,12H2,1H3. The zero-order valence-corrected chi connectivity index (χ0v) is 15.8. The molecule has 1 N–H and O–H groups in total. The van der Waals surface area contributed by atoms with E-state index in [1.165, 1.54) is 42.1 Å². The van der Waals surface area contributed by atoms with Crippen LogP contribution in [0.5, 0.6) is 5.75 Å². The number of aromatic nitrogens is 2. The summed E-state index contributed by atoms with van der Waals surface area (Å²) in [6, 6.07) is 13.5. The van der Waals surface area contributed by atoms with Crippen molar-refractivity contribution in [2.45, 2.75) is 6.54 Å². The van der Waals surface area contributed by atoms with E-state index in [-0.39, 0.29) is 17.9 Å². The predicted molar refractivity (Wildman–Crippen MR) is 107 cm³/mol. The first kappa shape index (κ1) is 19.5. The second-order valence-electron chi connectivity index (χ2n) is 6.54.